The second-order valence-electron chi connectivity index (χ2n) is 12.7. The maximum atomic E-state index is 12.7. The van der Waals surface area contributed by atoms with Crippen LogP contribution in [0.25, 0.3) is 0 Å². The number of carbonyl (C=O) groups excluding carboxylic acids is 1. The molecule has 0 spiro atoms. The number of hydrogen-bond acceptors (Lipinski definition) is 12. The minimum absolute atomic E-state index is 0.0838. The SMILES string of the molecule is C#COc1ccc(C(=O)O)c(C(=O)Oc2ccc(CCOCCOCCOCCc3ccc(OOCc4cc(OCCOc5ccccc5)ccc4C(=O)O)cc3)cc2)c1. The average Bonchev–Trinajstić information content (AvgIpc) is 3.25. The van der Waals surface area contributed by atoms with E-state index in [2.05, 4.69) is 0 Å². The third-order valence-electron chi connectivity index (χ3n) is 8.53. The van der Waals surface area contributed by atoms with Crippen molar-refractivity contribution < 1.29 is 67.5 Å². The minimum Gasteiger partial charge on any atom is -0.490 e. The number of rotatable bonds is 26. The summed E-state index contributed by atoms with van der Waals surface area (Å²) in [6.45, 7) is 3.13. The van der Waals surface area contributed by atoms with Crippen molar-refractivity contribution in [1.82, 2.24) is 0 Å². The molecule has 5 aromatic rings. The highest BCUT2D eigenvalue weighted by Crippen LogP contribution is 2.23. The first-order chi connectivity index (χ1) is 29.3. The fourth-order valence-corrected chi connectivity index (χ4v) is 5.51. The first-order valence-electron chi connectivity index (χ1n) is 18.9. The Morgan fingerprint density at radius 2 is 1.05 bits per heavy atom. The predicted octanol–water partition coefficient (Wildman–Crippen LogP) is 7.08. The number of esters is 1. The largest absolute Gasteiger partial charge is 0.490 e. The van der Waals surface area contributed by atoms with Crippen LogP contribution in [0, 0.1) is 12.5 Å². The molecule has 0 unspecified atom stereocenters. The molecule has 14 nitrogen and oxygen atoms in total. The van der Waals surface area contributed by atoms with E-state index >= 15 is 0 Å². The summed E-state index contributed by atoms with van der Waals surface area (Å²) in [5, 5.41) is 19.0. The summed E-state index contributed by atoms with van der Waals surface area (Å²) in [4.78, 5) is 46.8. The van der Waals surface area contributed by atoms with Gasteiger partial charge in [-0.25, -0.2) is 14.4 Å². The molecule has 0 aliphatic heterocycles. The van der Waals surface area contributed by atoms with Gasteiger partial charge >= 0.3 is 17.9 Å². The minimum atomic E-state index is -1.29. The van der Waals surface area contributed by atoms with E-state index in [1.54, 1.807) is 48.5 Å². The molecule has 0 saturated carbocycles. The Balaban J connectivity index is 0.891. The van der Waals surface area contributed by atoms with Crippen LogP contribution in [0.4, 0.5) is 0 Å². The van der Waals surface area contributed by atoms with E-state index in [-0.39, 0.29) is 41.4 Å². The average molecular weight is 821 g/mol. The molecule has 0 amide bonds. The Labute approximate surface area is 347 Å². The molecule has 0 bridgehead atoms. The van der Waals surface area contributed by atoms with Crippen molar-refractivity contribution >= 4 is 17.9 Å². The molecule has 0 fully saturated rings. The van der Waals surface area contributed by atoms with Crippen LogP contribution in [0.3, 0.4) is 0 Å². The summed E-state index contributed by atoms with van der Waals surface area (Å²) in [7, 11) is 0. The molecule has 14 heteroatoms. The van der Waals surface area contributed by atoms with Crippen molar-refractivity contribution in [2.45, 2.75) is 19.4 Å². The second kappa shape index (κ2) is 24.1. The molecule has 5 aromatic carbocycles. The van der Waals surface area contributed by atoms with Gasteiger partial charge in [0.2, 0.25) is 0 Å². The smallest absolute Gasteiger partial charge is 0.344 e. The van der Waals surface area contributed by atoms with E-state index in [0.717, 1.165) is 16.9 Å². The number of terminal acetylenes is 1. The molecule has 0 aliphatic rings. The number of carbonyl (C=O) groups is 3. The van der Waals surface area contributed by atoms with Crippen LogP contribution < -0.4 is 23.8 Å². The third kappa shape index (κ3) is 14.8. The summed E-state index contributed by atoms with van der Waals surface area (Å²) in [6.07, 6.45) is 8.41. The van der Waals surface area contributed by atoms with Gasteiger partial charge in [-0.3, -0.25) is 0 Å². The summed E-state index contributed by atoms with van der Waals surface area (Å²) in [5.41, 5.74) is 2.05. The second-order valence-corrected chi connectivity index (χ2v) is 12.7. The number of carboxylic acid groups (broad SMARTS) is 2. The van der Waals surface area contributed by atoms with Gasteiger partial charge in [-0.2, -0.15) is 4.89 Å². The quantitative estimate of drug-likeness (QED) is 0.0145. The highest BCUT2D eigenvalue weighted by molar-refractivity contribution is 6.03. The van der Waals surface area contributed by atoms with E-state index in [1.165, 1.54) is 24.3 Å². The fourth-order valence-electron chi connectivity index (χ4n) is 5.51. The molecular weight excluding hydrogens is 776 g/mol. The lowest BCUT2D eigenvalue weighted by atomic mass is 10.1. The molecule has 0 aromatic heterocycles. The Kier molecular flexibility index (Phi) is 17.8. The maximum Gasteiger partial charge on any atom is 0.344 e. The molecular formula is C46H44O14. The van der Waals surface area contributed by atoms with Crippen molar-refractivity contribution in [1.29, 1.82) is 0 Å². The lowest BCUT2D eigenvalue weighted by molar-refractivity contribution is -0.217. The first kappa shape index (κ1) is 44.2. The van der Waals surface area contributed by atoms with Crippen LogP contribution in [-0.2, 0) is 38.5 Å². The lowest BCUT2D eigenvalue weighted by Gasteiger charge is -2.12. The van der Waals surface area contributed by atoms with E-state index in [0.29, 0.717) is 76.2 Å². The Morgan fingerprint density at radius 1 is 0.517 bits per heavy atom. The predicted molar refractivity (Wildman–Crippen MR) is 217 cm³/mol. The fraction of sp³-hybridized carbons (Fsp3) is 0.239. The van der Waals surface area contributed by atoms with Gasteiger partial charge < -0.3 is 48.3 Å². The number of benzene rings is 5. The first-order valence-corrected chi connectivity index (χ1v) is 18.9. The Morgan fingerprint density at radius 3 is 1.65 bits per heavy atom. The van der Waals surface area contributed by atoms with Crippen LogP contribution in [0.1, 0.15) is 47.8 Å². The molecule has 60 heavy (non-hydrogen) atoms. The van der Waals surface area contributed by atoms with Gasteiger partial charge in [0.05, 0.1) is 56.3 Å². The van der Waals surface area contributed by atoms with Gasteiger partial charge in [-0.05, 0) is 96.8 Å². The van der Waals surface area contributed by atoms with Gasteiger partial charge in [0.15, 0.2) is 5.75 Å². The van der Waals surface area contributed by atoms with Crippen molar-refractivity contribution in [3.05, 3.63) is 149 Å². The normalized spacial score (nSPS) is 10.7. The molecule has 0 heterocycles. The molecule has 312 valence electrons. The Bertz CT molecular complexity index is 2160. The highest BCUT2D eigenvalue weighted by atomic mass is 17.2. The van der Waals surface area contributed by atoms with Crippen molar-refractivity contribution in [3.63, 3.8) is 0 Å². The maximum absolute atomic E-state index is 12.7. The van der Waals surface area contributed by atoms with Crippen LogP contribution in [0.15, 0.2) is 115 Å². The molecule has 0 saturated heterocycles. The summed E-state index contributed by atoms with van der Waals surface area (Å²) in [5.74, 6) is -1.16. The molecule has 0 aliphatic carbocycles. The van der Waals surface area contributed by atoms with E-state index in [4.69, 9.17) is 49.4 Å². The van der Waals surface area contributed by atoms with Crippen LogP contribution in [0.2, 0.25) is 0 Å². The Hall–Kier alpha value is -6.89. The molecule has 5 rings (SSSR count). The van der Waals surface area contributed by atoms with E-state index < -0.39 is 17.9 Å². The number of ether oxygens (including phenoxy) is 7. The third-order valence-corrected chi connectivity index (χ3v) is 8.53. The number of hydrogen-bond donors (Lipinski definition) is 2. The van der Waals surface area contributed by atoms with Gasteiger partial charge in [0, 0.05) is 5.56 Å². The van der Waals surface area contributed by atoms with Crippen LogP contribution in [-0.4, -0.2) is 81.0 Å². The highest BCUT2D eigenvalue weighted by Gasteiger charge is 2.20. The van der Waals surface area contributed by atoms with Gasteiger partial charge in [0.1, 0.15) is 48.9 Å². The van der Waals surface area contributed by atoms with E-state index in [9.17, 15) is 24.6 Å². The topological polar surface area (TPSA) is 175 Å². The van der Waals surface area contributed by atoms with E-state index in [1.807, 2.05) is 48.6 Å². The number of para-hydroxylation sites is 1. The van der Waals surface area contributed by atoms with Crippen LogP contribution >= 0.6 is 0 Å². The molecule has 0 radical (unpaired) electrons. The zero-order valence-electron chi connectivity index (χ0n) is 32.6. The van der Waals surface area contributed by atoms with Gasteiger partial charge in [-0.1, -0.05) is 48.9 Å². The monoisotopic (exact) mass is 820 g/mol. The summed E-state index contributed by atoms with van der Waals surface area (Å²) >= 11 is 0. The molecule has 0 atom stereocenters. The van der Waals surface area contributed by atoms with Crippen molar-refractivity contribution in [2.75, 3.05) is 52.9 Å². The summed E-state index contributed by atoms with van der Waals surface area (Å²) < 4.78 is 38.6. The van der Waals surface area contributed by atoms with Crippen LogP contribution in [0.5, 0.6) is 28.7 Å². The standard InChI is InChI=1S/C46H44O14/c1-2-55-40-17-19-42(45(49)50)43(31-40)46(51)59-37-12-8-33(9-13-37)20-22-52-24-26-54-27-25-53-23-21-34-10-14-38(15-11-34)60-58-32-35-30-39(16-18-41(35)44(47)48)57-29-28-56-36-6-4-3-5-7-36/h1,3-19,30-31H,20-29,32H2,(H,47,48)(H,49,50). The van der Waals surface area contributed by atoms with Crippen molar-refractivity contribution in [3.8, 4) is 41.3 Å². The molecule has 2 N–H and O–H groups in total. The number of aromatic carboxylic acids is 2. The van der Waals surface area contributed by atoms with Crippen molar-refractivity contribution in [2.24, 2.45) is 0 Å². The number of carboxylic acids is 2. The van der Waals surface area contributed by atoms with Gasteiger partial charge in [0.25, 0.3) is 0 Å². The lowest BCUT2D eigenvalue weighted by Crippen LogP contribution is -2.14. The zero-order valence-corrected chi connectivity index (χ0v) is 32.6. The zero-order chi connectivity index (χ0) is 42.4. The summed E-state index contributed by atoms with van der Waals surface area (Å²) in [6, 6.07) is 32.0. The van der Waals surface area contributed by atoms with Gasteiger partial charge in [-0.15, -0.1) is 0 Å².